The van der Waals surface area contributed by atoms with Crippen LogP contribution in [0.5, 0.6) is 0 Å². The number of hydrogen-bond donors (Lipinski definition) is 1. The standard InChI is InChI=1S/C18H20F2N2O2/c1-24-18(8-5-12(6-9-18)16(19)20)17(23)22-15-4-2-3-13-11-21-10-7-14(13)15/h2-4,7,10-12,16H,5-6,8-9H2,1H3,(H,22,23). The van der Waals surface area contributed by atoms with E-state index in [2.05, 4.69) is 10.3 Å². The molecule has 1 aromatic heterocycles. The number of carbonyl (C=O) groups excluding carboxylic acids is 1. The highest BCUT2D eigenvalue weighted by molar-refractivity contribution is 6.04. The molecule has 6 heteroatoms. The van der Waals surface area contributed by atoms with Gasteiger partial charge in [0.05, 0.1) is 0 Å². The number of methoxy groups -OCH3 is 1. The van der Waals surface area contributed by atoms with Crippen molar-refractivity contribution in [3.8, 4) is 0 Å². The quantitative estimate of drug-likeness (QED) is 0.919. The van der Waals surface area contributed by atoms with Crippen molar-refractivity contribution in [2.75, 3.05) is 12.4 Å². The van der Waals surface area contributed by atoms with E-state index in [1.165, 1.54) is 7.11 Å². The van der Waals surface area contributed by atoms with Gasteiger partial charge in [0, 0.05) is 41.9 Å². The Bertz CT molecular complexity index is 723. The van der Waals surface area contributed by atoms with Crippen molar-refractivity contribution in [1.82, 2.24) is 4.98 Å². The lowest BCUT2D eigenvalue weighted by Crippen LogP contribution is -2.48. The van der Waals surface area contributed by atoms with Crippen LogP contribution in [0.1, 0.15) is 25.7 Å². The number of ether oxygens (including phenoxy) is 1. The molecule has 1 aliphatic rings. The Morgan fingerprint density at radius 2 is 2.08 bits per heavy atom. The summed E-state index contributed by atoms with van der Waals surface area (Å²) in [5.41, 5.74) is -0.368. The van der Waals surface area contributed by atoms with Crippen molar-refractivity contribution in [2.24, 2.45) is 5.92 Å². The monoisotopic (exact) mass is 334 g/mol. The van der Waals surface area contributed by atoms with E-state index in [1.54, 1.807) is 12.4 Å². The third-order valence-electron chi connectivity index (χ3n) is 4.93. The van der Waals surface area contributed by atoms with Crippen LogP contribution in [0.25, 0.3) is 10.8 Å². The minimum Gasteiger partial charge on any atom is -0.368 e. The summed E-state index contributed by atoms with van der Waals surface area (Å²) in [6.07, 6.45) is 2.24. The first-order valence-corrected chi connectivity index (χ1v) is 8.03. The van der Waals surface area contributed by atoms with Crippen LogP contribution in [-0.2, 0) is 9.53 Å². The number of aromatic nitrogens is 1. The van der Waals surface area contributed by atoms with Crippen LogP contribution in [-0.4, -0.2) is 30.0 Å². The van der Waals surface area contributed by atoms with Gasteiger partial charge < -0.3 is 10.1 Å². The molecule has 1 aliphatic carbocycles. The maximum absolute atomic E-state index is 12.9. The number of carbonyl (C=O) groups is 1. The molecule has 0 atom stereocenters. The topological polar surface area (TPSA) is 51.2 Å². The first-order chi connectivity index (χ1) is 11.6. The Balaban J connectivity index is 1.80. The van der Waals surface area contributed by atoms with Crippen LogP contribution >= 0.6 is 0 Å². The minimum absolute atomic E-state index is 0.276. The number of anilines is 1. The van der Waals surface area contributed by atoms with Crippen molar-refractivity contribution >= 4 is 22.4 Å². The summed E-state index contributed by atoms with van der Waals surface area (Å²) in [6, 6.07) is 7.40. The van der Waals surface area contributed by atoms with E-state index in [-0.39, 0.29) is 5.91 Å². The molecule has 4 nitrogen and oxygen atoms in total. The summed E-state index contributed by atoms with van der Waals surface area (Å²) in [4.78, 5) is 16.9. The molecule has 128 valence electrons. The van der Waals surface area contributed by atoms with Crippen LogP contribution in [0.4, 0.5) is 14.5 Å². The van der Waals surface area contributed by atoms with E-state index in [9.17, 15) is 13.6 Å². The van der Waals surface area contributed by atoms with Crippen LogP contribution in [0.3, 0.4) is 0 Å². The Labute approximate surface area is 139 Å². The van der Waals surface area contributed by atoms with Crippen molar-refractivity contribution in [3.63, 3.8) is 0 Å². The second-order valence-electron chi connectivity index (χ2n) is 6.23. The highest BCUT2D eigenvalue weighted by Crippen LogP contribution is 2.38. The SMILES string of the molecule is COC1(C(=O)Nc2cccc3cnccc23)CCC(C(F)F)CC1. The number of pyridine rings is 1. The van der Waals surface area contributed by atoms with E-state index in [0.29, 0.717) is 31.4 Å². The number of halogens is 2. The molecule has 1 N–H and O–H groups in total. The van der Waals surface area contributed by atoms with Gasteiger partial charge in [0.1, 0.15) is 5.60 Å². The van der Waals surface area contributed by atoms with Gasteiger partial charge in [-0.25, -0.2) is 8.78 Å². The van der Waals surface area contributed by atoms with Gasteiger partial charge in [-0.1, -0.05) is 12.1 Å². The molecule has 0 radical (unpaired) electrons. The van der Waals surface area contributed by atoms with E-state index in [0.717, 1.165) is 10.8 Å². The second-order valence-corrected chi connectivity index (χ2v) is 6.23. The van der Waals surface area contributed by atoms with Gasteiger partial charge in [-0.15, -0.1) is 0 Å². The number of fused-ring (bicyclic) bond motifs is 1. The zero-order valence-electron chi connectivity index (χ0n) is 13.5. The van der Waals surface area contributed by atoms with Crippen LogP contribution < -0.4 is 5.32 Å². The molecular formula is C18H20F2N2O2. The van der Waals surface area contributed by atoms with Crippen molar-refractivity contribution < 1.29 is 18.3 Å². The van der Waals surface area contributed by atoms with Gasteiger partial charge in [-0.05, 0) is 37.8 Å². The van der Waals surface area contributed by atoms with Gasteiger partial charge in [0.25, 0.3) is 5.91 Å². The average molecular weight is 334 g/mol. The Morgan fingerprint density at radius 3 is 2.75 bits per heavy atom. The Morgan fingerprint density at radius 1 is 1.33 bits per heavy atom. The number of alkyl halides is 2. The molecule has 0 bridgehead atoms. The lowest BCUT2D eigenvalue weighted by atomic mass is 9.78. The first kappa shape index (κ1) is 16.8. The maximum atomic E-state index is 12.9. The molecule has 0 saturated heterocycles. The van der Waals surface area contributed by atoms with Crippen molar-refractivity contribution in [3.05, 3.63) is 36.7 Å². The predicted molar refractivity (Wildman–Crippen MR) is 88.1 cm³/mol. The third-order valence-corrected chi connectivity index (χ3v) is 4.93. The van der Waals surface area contributed by atoms with Crippen LogP contribution in [0.2, 0.25) is 0 Å². The van der Waals surface area contributed by atoms with Gasteiger partial charge in [0.2, 0.25) is 6.43 Å². The average Bonchev–Trinajstić information content (AvgIpc) is 2.62. The zero-order valence-corrected chi connectivity index (χ0v) is 13.5. The molecule has 0 unspecified atom stereocenters. The molecular weight excluding hydrogens is 314 g/mol. The van der Waals surface area contributed by atoms with E-state index in [1.807, 2.05) is 24.3 Å². The van der Waals surface area contributed by atoms with Crippen molar-refractivity contribution in [1.29, 1.82) is 0 Å². The third kappa shape index (κ3) is 3.11. The predicted octanol–water partition coefficient (Wildman–Crippen LogP) is 4.01. The Hall–Kier alpha value is -2.08. The summed E-state index contributed by atoms with van der Waals surface area (Å²) < 4.78 is 31.2. The number of benzene rings is 1. The fourth-order valence-electron chi connectivity index (χ4n) is 3.35. The molecule has 1 aromatic carbocycles. The summed E-state index contributed by atoms with van der Waals surface area (Å²) in [6.45, 7) is 0. The largest absolute Gasteiger partial charge is 0.368 e. The van der Waals surface area contributed by atoms with Crippen molar-refractivity contribution in [2.45, 2.75) is 37.7 Å². The van der Waals surface area contributed by atoms with Gasteiger partial charge in [-0.2, -0.15) is 0 Å². The summed E-state index contributed by atoms with van der Waals surface area (Å²) in [7, 11) is 1.47. The smallest absolute Gasteiger partial charge is 0.256 e. The van der Waals surface area contributed by atoms with E-state index in [4.69, 9.17) is 4.74 Å². The maximum Gasteiger partial charge on any atom is 0.256 e. The summed E-state index contributed by atoms with van der Waals surface area (Å²) in [5, 5.41) is 4.71. The van der Waals surface area contributed by atoms with Crippen LogP contribution in [0.15, 0.2) is 36.7 Å². The molecule has 2 aromatic rings. The summed E-state index contributed by atoms with van der Waals surface area (Å²) in [5.74, 6) is -0.924. The first-order valence-electron chi connectivity index (χ1n) is 8.03. The molecule has 1 amide bonds. The van der Waals surface area contributed by atoms with Gasteiger partial charge >= 0.3 is 0 Å². The van der Waals surface area contributed by atoms with E-state index >= 15 is 0 Å². The van der Waals surface area contributed by atoms with Gasteiger partial charge in [-0.3, -0.25) is 9.78 Å². The number of hydrogen-bond acceptors (Lipinski definition) is 3. The minimum atomic E-state index is -2.34. The zero-order chi connectivity index (χ0) is 17.2. The fourth-order valence-corrected chi connectivity index (χ4v) is 3.35. The fraction of sp³-hybridized carbons (Fsp3) is 0.444. The Kier molecular flexibility index (Phi) is 4.76. The molecule has 24 heavy (non-hydrogen) atoms. The van der Waals surface area contributed by atoms with Crippen LogP contribution in [0, 0.1) is 5.92 Å². The lowest BCUT2D eigenvalue weighted by molar-refractivity contribution is -0.144. The normalized spacial score (nSPS) is 24.2. The lowest BCUT2D eigenvalue weighted by Gasteiger charge is -2.37. The second kappa shape index (κ2) is 6.81. The van der Waals surface area contributed by atoms with E-state index < -0.39 is 17.9 Å². The molecule has 1 fully saturated rings. The molecule has 1 saturated carbocycles. The molecule has 1 heterocycles. The van der Waals surface area contributed by atoms with Gasteiger partial charge in [0.15, 0.2) is 0 Å². The summed E-state index contributed by atoms with van der Waals surface area (Å²) >= 11 is 0. The number of rotatable bonds is 4. The number of nitrogens with one attached hydrogen (secondary N) is 1. The molecule has 0 spiro atoms. The highest BCUT2D eigenvalue weighted by atomic mass is 19.3. The number of nitrogens with zero attached hydrogens (tertiary/aromatic N) is 1. The number of amides is 1. The highest BCUT2D eigenvalue weighted by Gasteiger charge is 2.44. The molecule has 3 rings (SSSR count). The molecule has 0 aliphatic heterocycles.